The van der Waals surface area contributed by atoms with E-state index in [9.17, 15) is 10.1 Å². The van der Waals surface area contributed by atoms with Crippen LogP contribution in [0.15, 0.2) is 36.4 Å². The molecule has 33 heavy (non-hydrogen) atoms. The number of ether oxygens (including phenoxy) is 1. The lowest BCUT2D eigenvalue weighted by Crippen LogP contribution is -2.01. The Labute approximate surface area is 190 Å². The van der Waals surface area contributed by atoms with Gasteiger partial charge in [0.05, 0.1) is 22.7 Å². The largest absolute Gasteiger partial charge is 0.492 e. The maximum atomic E-state index is 10.4. The highest BCUT2D eigenvalue weighted by Crippen LogP contribution is 2.21. The normalized spacial score (nSPS) is 8.70. The molecule has 170 valence electrons. The summed E-state index contributed by atoms with van der Waals surface area (Å²) in [4.78, 5) is 9.71. The Morgan fingerprint density at radius 3 is 1.73 bits per heavy atom. The average molecular weight is 451 g/mol. The van der Waals surface area contributed by atoms with E-state index in [1.54, 1.807) is 30.3 Å². The zero-order valence-electron chi connectivity index (χ0n) is 17.5. The van der Waals surface area contributed by atoms with Crippen LogP contribution in [0.4, 0.5) is 5.69 Å². The van der Waals surface area contributed by atoms with Crippen molar-refractivity contribution in [3.63, 3.8) is 0 Å². The van der Waals surface area contributed by atoms with Gasteiger partial charge < -0.3 is 20.1 Å². The molecule has 0 saturated heterocycles. The van der Waals surface area contributed by atoms with Crippen molar-refractivity contribution in [2.75, 3.05) is 26.4 Å². The molecule has 11 heteroatoms. The molecular formula is C22H21N5O6. The summed E-state index contributed by atoms with van der Waals surface area (Å²) in [6.07, 6.45) is 1.00. The van der Waals surface area contributed by atoms with Crippen LogP contribution in [0.3, 0.4) is 0 Å². The van der Waals surface area contributed by atoms with Crippen molar-refractivity contribution in [3.05, 3.63) is 68.8 Å². The molecule has 0 radical (unpaired) electrons. The van der Waals surface area contributed by atoms with Crippen molar-refractivity contribution in [2.24, 2.45) is 0 Å². The van der Waals surface area contributed by atoms with Crippen LogP contribution in [0.2, 0.25) is 0 Å². The van der Waals surface area contributed by atoms with E-state index in [4.69, 9.17) is 41.1 Å². The van der Waals surface area contributed by atoms with E-state index in [0.29, 0.717) is 30.8 Å². The second-order valence-corrected chi connectivity index (χ2v) is 5.81. The molecule has 2 rings (SSSR count). The molecule has 0 aliphatic heterocycles. The summed E-state index contributed by atoms with van der Waals surface area (Å²) in [5.74, 6) is 0.394. The highest BCUT2D eigenvalue weighted by molar-refractivity contribution is 5.57. The van der Waals surface area contributed by atoms with E-state index >= 15 is 0 Å². The van der Waals surface area contributed by atoms with Crippen LogP contribution in [-0.2, 0) is 0 Å². The minimum absolute atomic E-state index is 0.0247. The molecule has 0 aliphatic rings. The van der Waals surface area contributed by atoms with Crippen LogP contribution in [0.1, 0.15) is 35.1 Å². The fraction of sp³-hybridized carbons (Fsp3) is 0.273. The Morgan fingerprint density at radius 2 is 1.30 bits per heavy atom. The number of nitro benzene ring substituents is 1. The van der Waals surface area contributed by atoms with Gasteiger partial charge in [-0.3, -0.25) is 10.1 Å². The second-order valence-electron chi connectivity index (χ2n) is 5.81. The Balaban J connectivity index is 0.000000520. The van der Waals surface area contributed by atoms with Crippen molar-refractivity contribution in [1.29, 1.82) is 21.0 Å². The van der Waals surface area contributed by atoms with Crippen LogP contribution in [0.25, 0.3) is 0 Å². The van der Waals surface area contributed by atoms with Crippen molar-refractivity contribution < 1.29 is 25.0 Å². The van der Waals surface area contributed by atoms with Gasteiger partial charge in [-0.05, 0) is 24.6 Å². The van der Waals surface area contributed by atoms with Gasteiger partial charge in [0.1, 0.15) is 41.2 Å². The topological polar surface area (TPSA) is 208 Å². The lowest BCUT2D eigenvalue weighted by molar-refractivity contribution is -0.385. The molecule has 0 aromatic heterocycles. The monoisotopic (exact) mass is 451 g/mol. The highest BCUT2D eigenvalue weighted by Gasteiger charge is 2.16. The van der Waals surface area contributed by atoms with E-state index in [2.05, 4.69) is 0 Å². The summed E-state index contributed by atoms with van der Waals surface area (Å²) in [7, 11) is 0. The maximum Gasteiger partial charge on any atom is 0.288 e. The fourth-order valence-electron chi connectivity index (χ4n) is 2.08. The van der Waals surface area contributed by atoms with Crippen molar-refractivity contribution in [1.82, 2.24) is 0 Å². The Kier molecular flexibility index (Phi) is 14.8. The first-order chi connectivity index (χ1) is 15.9. The van der Waals surface area contributed by atoms with Gasteiger partial charge in [0, 0.05) is 32.3 Å². The molecule has 0 fully saturated rings. The third-order valence-electron chi connectivity index (χ3n) is 3.61. The number of nitro groups is 1. The minimum Gasteiger partial charge on any atom is -0.492 e. The molecule has 0 spiro atoms. The first kappa shape index (κ1) is 28.5. The predicted molar refractivity (Wildman–Crippen MR) is 114 cm³/mol. The molecule has 0 unspecified atom stereocenters. The van der Waals surface area contributed by atoms with Gasteiger partial charge in [-0.2, -0.15) is 21.0 Å². The summed E-state index contributed by atoms with van der Waals surface area (Å²) in [5.41, 5.74) is 0.0604. The van der Waals surface area contributed by atoms with Crippen molar-refractivity contribution >= 4 is 5.69 Å². The first-order valence-electron chi connectivity index (χ1n) is 9.41. The molecule has 3 N–H and O–H groups in total. The van der Waals surface area contributed by atoms with Crippen molar-refractivity contribution in [2.45, 2.75) is 12.8 Å². The lowest BCUT2D eigenvalue weighted by Gasteiger charge is -2.07. The van der Waals surface area contributed by atoms with Crippen LogP contribution in [-0.4, -0.2) is 46.7 Å². The predicted octanol–water partition coefficient (Wildman–Crippen LogP) is 1.89. The molecular weight excluding hydrogens is 430 g/mol. The third-order valence-corrected chi connectivity index (χ3v) is 3.61. The van der Waals surface area contributed by atoms with Crippen LogP contribution in [0.5, 0.6) is 5.75 Å². The summed E-state index contributed by atoms with van der Waals surface area (Å²) < 4.78 is 5.28. The van der Waals surface area contributed by atoms with E-state index in [1.165, 1.54) is 18.2 Å². The zero-order valence-corrected chi connectivity index (χ0v) is 17.5. The lowest BCUT2D eigenvalue weighted by atomic mass is 10.1. The number of rotatable bonds is 7. The van der Waals surface area contributed by atoms with E-state index < -0.39 is 4.92 Å². The Morgan fingerprint density at radius 1 is 0.788 bits per heavy atom. The number of hydrogen-bond acceptors (Lipinski definition) is 10. The highest BCUT2D eigenvalue weighted by atomic mass is 16.6. The molecule has 0 bridgehead atoms. The SMILES string of the molecule is N#Cc1cccc(OCCCO)c1C#N.N#Cc1cccc([N+](=O)[O-])c1C#N.OCCCO. The minimum atomic E-state index is -0.681. The quantitative estimate of drug-likeness (QED) is 0.316. The van der Waals surface area contributed by atoms with Gasteiger partial charge in [-0.1, -0.05) is 12.1 Å². The first-order valence-corrected chi connectivity index (χ1v) is 9.41. The summed E-state index contributed by atoms with van der Waals surface area (Å²) >= 11 is 0. The summed E-state index contributed by atoms with van der Waals surface area (Å²) in [6.45, 7) is 0.562. The Bertz CT molecular complexity index is 1070. The number of nitriles is 4. The molecule has 2 aromatic carbocycles. The Hall–Kier alpha value is -4.52. The summed E-state index contributed by atoms with van der Waals surface area (Å²) in [6, 6.07) is 16.0. The molecule has 0 saturated carbocycles. The maximum absolute atomic E-state index is 10.4. The van der Waals surface area contributed by atoms with Gasteiger partial charge in [0.2, 0.25) is 0 Å². The molecule has 2 aromatic rings. The van der Waals surface area contributed by atoms with Crippen LogP contribution >= 0.6 is 0 Å². The number of aliphatic hydroxyl groups excluding tert-OH is 3. The van der Waals surface area contributed by atoms with Crippen LogP contribution < -0.4 is 4.74 Å². The van der Waals surface area contributed by atoms with Gasteiger partial charge >= 0.3 is 0 Å². The molecule has 0 heterocycles. The van der Waals surface area contributed by atoms with E-state index in [-0.39, 0.29) is 42.2 Å². The molecule has 0 aliphatic carbocycles. The zero-order chi connectivity index (χ0) is 25.1. The van der Waals surface area contributed by atoms with Gasteiger partial charge in [0.15, 0.2) is 0 Å². The smallest absolute Gasteiger partial charge is 0.288 e. The van der Waals surface area contributed by atoms with E-state index in [0.717, 1.165) is 0 Å². The van der Waals surface area contributed by atoms with Crippen LogP contribution in [0, 0.1) is 55.4 Å². The number of aliphatic hydroxyl groups is 3. The fourth-order valence-corrected chi connectivity index (χ4v) is 2.08. The number of benzene rings is 2. The molecule has 0 amide bonds. The van der Waals surface area contributed by atoms with Gasteiger partial charge in [0.25, 0.3) is 5.69 Å². The van der Waals surface area contributed by atoms with E-state index in [1.807, 2.05) is 12.1 Å². The average Bonchev–Trinajstić information content (AvgIpc) is 2.84. The van der Waals surface area contributed by atoms with Crippen molar-refractivity contribution in [3.8, 4) is 30.0 Å². The standard InChI is InChI=1S/C11H10N2O2.C8H3N3O2.C3H8O2/c12-7-9-3-1-4-11(10(9)8-13)15-6-2-5-14;9-4-6-2-1-3-8(11(12)13)7(6)5-10;4-2-1-3-5/h1,3-4,14H,2,5-6H2;1-3H;4-5H,1-3H2. The number of nitrogens with zero attached hydrogens (tertiary/aromatic N) is 5. The third kappa shape index (κ3) is 9.89. The molecule has 0 atom stereocenters. The molecule has 11 nitrogen and oxygen atoms in total. The summed E-state index contributed by atoms with van der Waals surface area (Å²) in [5, 5.41) is 69.5. The number of hydrogen-bond donors (Lipinski definition) is 3. The second kappa shape index (κ2) is 17.2. The van der Waals surface area contributed by atoms with Gasteiger partial charge in [-0.15, -0.1) is 0 Å². The van der Waals surface area contributed by atoms with Gasteiger partial charge in [-0.25, -0.2) is 0 Å².